The van der Waals surface area contributed by atoms with Gasteiger partial charge in [-0.15, -0.1) is 0 Å². The van der Waals surface area contributed by atoms with Crippen LogP contribution in [0.25, 0.3) is 0 Å². The van der Waals surface area contributed by atoms with Crippen molar-refractivity contribution < 1.29 is 14.1 Å². The maximum absolute atomic E-state index is 12.3. The van der Waals surface area contributed by atoms with Gasteiger partial charge < -0.3 is 5.11 Å². The Hall–Kier alpha value is -2.52. The van der Waals surface area contributed by atoms with E-state index < -0.39 is 16.8 Å². The molecule has 2 rings (SSSR count). The minimum atomic E-state index is -1.31. The van der Waals surface area contributed by atoms with Gasteiger partial charge in [-0.2, -0.15) is 5.26 Å². The highest BCUT2D eigenvalue weighted by atomic mass is 32.2. The Morgan fingerprint density at radius 2 is 2.00 bits per heavy atom. The fourth-order valence-corrected chi connectivity index (χ4v) is 2.94. The SMILES string of the molecule is N#Cc1ncccc1CS(=O)c1ccc(CC(=O)O)cc1. The van der Waals surface area contributed by atoms with Crippen LogP contribution in [-0.2, 0) is 27.8 Å². The number of carboxylic acids is 1. The van der Waals surface area contributed by atoms with E-state index in [0.717, 1.165) is 0 Å². The largest absolute Gasteiger partial charge is 0.481 e. The highest BCUT2D eigenvalue weighted by Crippen LogP contribution is 2.15. The third kappa shape index (κ3) is 3.97. The Bertz CT molecular complexity index is 720. The molecule has 0 radical (unpaired) electrons. The lowest BCUT2D eigenvalue weighted by Gasteiger charge is -2.05. The summed E-state index contributed by atoms with van der Waals surface area (Å²) in [5.41, 5.74) is 1.56. The van der Waals surface area contributed by atoms with Crippen molar-refractivity contribution >= 4 is 16.8 Å². The number of carboxylic acid groups (broad SMARTS) is 1. The van der Waals surface area contributed by atoms with Gasteiger partial charge in [-0.25, -0.2) is 4.98 Å². The maximum atomic E-state index is 12.3. The van der Waals surface area contributed by atoms with Crippen molar-refractivity contribution in [3.8, 4) is 6.07 Å². The number of hydrogen-bond acceptors (Lipinski definition) is 4. The minimum Gasteiger partial charge on any atom is -0.481 e. The molecule has 1 aromatic carbocycles. The van der Waals surface area contributed by atoms with Crippen LogP contribution in [0.2, 0.25) is 0 Å². The van der Waals surface area contributed by atoms with E-state index in [0.29, 0.717) is 16.0 Å². The molecule has 1 atom stereocenters. The molecule has 0 spiro atoms. The standard InChI is InChI=1S/C15H12N2O3S/c16-9-14-12(2-1-7-17-14)10-21(20)13-5-3-11(4-6-13)8-15(18)19/h1-7H,8,10H2,(H,18,19). The van der Waals surface area contributed by atoms with Crippen molar-refractivity contribution in [2.45, 2.75) is 17.1 Å². The average Bonchev–Trinajstić information content (AvgIpc) is 2.48. The van der Waals surface area contributed by atoms with Crippen LogP contribution in [0.5, 0.6) is 0 Å². The van der Waals surface area contributed by atoms with Crippen molar-refractivity contribution in [3.05, 3.63) is 59.4 Å². The Kier molecular flexibility index (Phi) is 4.80. The third-order valence-corrected chi connectivity index (χ3v) is 4.20. The molecule has 0 bridgehead atoms. The summed E-state index contributed by atoms with van der Waals surface area (Å²) in [5, 5.41) is 17.7. The summed E-state index contributed by atoms with van der Waals surface area (Å²) in [4.78, 5) is 15.1. The van der Waals surface area contributed by atoms with Gasteiger partial charge in [0.1, 0.15) is 11.8 Å². The average molecular weight is 300 g/mol. The molecule has 0 aliphatic rings. The van der Waals surface area contributed by atoms with Crippen LogP contribution < -0.4 is 0 Å². The number of rotatable bonds is 5. The molecule has 1 aromatic heterocycles. The molecular formula is C15H12N2O3S. The monoisotopic (exact) mass is 300 g/mol. The number of pyridine rings is 1. The van der Waals surface area contributed by atoms with Gasteiger partial charge in [0.25, 0.3) is 0 Å². The summed E-state index contributed by atoms with van der Waals surface area (Å²) in [6, 6.07) is 12.0. The van der Waals surface area contributed by atoms with Crippen molar-refractivity contribution in [2.24, 2.45) is 0 Å². The second-order valence-corrected chi connectivity index (χ2v) is 5.78. The van der Waals surface area contributed by atoms with Gasteiger partial charge in [-0.3, -0.25) is 9.00 Å². The first kappa shape index (κ1) is 14.9. The van der Waals surface area contributed by atoms with Crippen LogP contribution in [0.3, 0.4) is 0 Å². The maximum Gasteiger partial charge on any atom is 0.307 e. The zero-order valence-electron chi connectivity index (χ0n) is 11.0. The van der Waals surface area contributed by atoms with Crippen LogP contribution in [0.15, 0.2) is 47.5 Å². The van der Waals surface area contributed by atoms with E-state index in [1.54, 1.807) is 36.4 Å². The van der Waals surface area contributed by atoms with E-state index in [-0.39, 0.29) is 17.9 Å². The normalized spacial score (nSPS) is 11.6. The predicted octanol–water partition coefficient (Wildman–Crippen LogP) is 1.89. The van der Waals surface area contributed by atoms with Crippen molar-refractivity contribution in [2.75, 3.05) is 0 Å². The number of aromatic nitrogens is 1. The smallest absolute Gasteiger partial charge is 0.307 e. The molecule has 1 unspecified atom stereocenters. The van der Waals surface area contributed by atoms with Crippen molar-refractivity contribution in [1.29, 1.82) is 5.26 Å². The Labute approximate surface area is 124 Å². The van der Waals surface area contributed by atoms with E-state index in [9.17, 15) is 9.00 Å². The van der Waals surface area contributed by atoms with Gasteiger partial charge in [0.2, 0.25) is 0 Å². The van der Waals surface area contributed by atoms with Crippen LogP contribution in [-0.4, -0.2) is 20.3 Å². The number of carbonyl (C=O) groups is 1. The minimum absolute atomic E-state index is 0.0614. The zero-order valence-corrected chi connectivity index (χ0v) is 11.8. The van der Waals surface area contributed by atoms with Crippen LogP contribution in [0.1, 0.15) is 16.8 Å². The molecule has 1 N–H and O–H groups in total. The summed E-state index contributed by atoms with van der Waals surface area (Å²) >= 11 is 0. The quantitative estimate of drug-likeness (QED) is 0.910. The molecule has 106 valence electrons. The summed E-state index contributed by atoms with van der Waals surface area (Å²) in [7, 11) is -1.31. The fraction of sp³-hybridized carbons (Fsp3) is 0.133. The molecule has 0 aliphatic heterocycles. The molecule has 0 fully saturated rings. The van der Waals surface area contributed by atoms with E-state index in [1.807, 2.05) is 6.07 Å². The van der Waals surface area contributed by atoms with E-state index >= 15 is 0 Å². The zero-order chi connectivity index (χ0) is 15.2. The lowest BCUT2D eigenvalue weighted by atomic mass is 10.2. The van der Waals surface area contributed by atoms with E-state index in [4.69, 9.17) is 10.4 Å². The van der Waals surface area contributed by atoms with Crippen LogP contribution in [0, 0.1) is 11.3 Å². The third-order valence-electron chi connectivity index (χ3n) is 2.83. The van der Waals surface area contributed by atoms with Crippen LogP contribution in [0.4, 0.5) is 0 Å². The molecule has 1 heterocycles. The molecule has 0 amide bonds. The van der Waals surface area contributed by atoms with Gasteiger partial charge in [-0.1, -0.05) is 18.2 Å². The number of nitrogens with zero attached hydrogens (tertiary/aromatic N) is 2. The van der Waals surface area contributed by atoms with E-state index in [2.05, 4.69) is 4.98 Å². The highest BCUT2D eigenvalue weighted by molar-refractivity contribution is 7.84. The highest BCUT2D eigenvalue weighted by Gasteiger charge is 2.10. The first-order chi connectivity index (χ1) is 10.1. The Balaban J connectivity index is 2.14. The fourth-order valence-electron chi connectivity index (χ4n) is 1.81. The van der Waals surface area contributed by atoms with E-state index in [1.165, 1.54) is 6.20 Å². The second-order valence-electron chi connectivity index (χ2n) is 4.33. The molecule has 2 aromatic rings. The summed E-state index contributed by atoms with van der Waals surface area (Å²) in [5.74, 6) is -0.701. The molecule has 0 saturated carbocycles. The number of benzene rings is 1. The Morgan fingerprint density at radius 3 is 2.62 bits per heavy atom. The van der Waals surface area contributed by atoms with Gasteiger partial charge in [0, 0.05) is 16.7 Å². The first-order valence-electron chi connectivity index (χ1n) is 6.13. The van der Waals surface area contributed by atoms with Crippen molar-refractivity contribution in [3.63, 3.8) is 0 Å². The first-order valence-corrected chi connectivity index (χ1v) is 7.45. The molecule has 6 heteroatoms. The number of aliphatic carboxylic acids is 1. The molecular weight excluding hydrogens is 288 g/mol. The number of hydrogen-bond donors (Lipinski definition) is 1. The Morgan fingerprint density at radius 1 is 1.29 bits per heavy atom. The van der Waals surface area contributed by atoms with Gasteiger partial charge in [0.15, 0.2) is 0 Å². The predicted molar refractivity (Wildman–Crippen MR) is 76.8 cm³/mol. The van der Waals surface area contributed by atoms with Gasteiger partial charge in [-0.05, 0) is 23.8 Å². The lowest BCUT2D eigenvalue weighted by Crippen LogP contribution is -2.02. The summed E-state index contributed by atoms with van der Waals surface area (Å²) < 4.78 is 12.3. The molecule has 5 nitrogen and oxygen atoms in total. The van der Waals surface area contributed by atoms with Gasteiger partial charge in [0.05, 0.1) is 23.0 Å². The van der Waals surface area contributed by atoms with Crippen LogP contribution >= 0.6 is 0 Å². The van der Waals surface area contributed by atoms with Gasteiger partial charge >= 0.3 is 5.97 Å². The topological polar surface area (TPSA) is 91.0 Å². The molecule has 0 saturated heterocycles. The molecule has 21 heavy (non-hydrogen) atoms. The summed E-state index contributed by atoms with van der Waals surface area (Å²) in [6.45, 7) is 0. The summed E-state index contributed by atoms with van der Waals surface area (Å²) in [6.07, 6.45) is 1.46. The second kappa shape index (κ2) is 6.77. The lowest BCUT2D eigenvalue weighted by molar-refractivity contribution is -0.136. The van der Waals surface area contributed by atoms with Crippen molar-refractivity contribution in [1.82, 2.24) is 4.98 Å². The number of nitriles is 1. The molecule has 0 aliphatic carbocycles.